The van der Waals surface area contributed by atoms with E-state index in [1.807, 2.05) is 49.4 Å². The lowest BCUT2D eigenvalue weighted by Crippen LogP contribution is -2.67. The van der Waals surface area contributed by atoms with Crippen molar-refractivity contribution >= 4 is 34.3 Å². The summed E-state index contributed by atoms with van der Waals surface area (Å²) in [6, 6.07) is 16.1. The maximum absolute atomic E-state index is 13.7. The third-order valence-corrected chi connectivity index (χ3v) is 7.38. The summed E-state index contributed by atoms with van der Waals surface area (Å²) in [4.78, 5) is 34.1. The number of hydrogen-bond acceptors (Lipinski definition) is 2. The Morgan fingerprint density at radius 2 is 1.80 bits per heavy atom. The molecule has 30 heavy (non-hydrogen) atoms. The monoisotopic (exact) mass is 419 g/mol. The van der Waals surface area contributed by atoms with Crippen LogP contribution in [-0.4, -0.2) is 45.7 Å². The van der Waals surface area contributed by atoms with E-state index >= 15 is 0 Å². The summed E-state index contributed by atoms with van der Waals surface area (Å²) in [6.45, 7) is 2.51. The maximum Gasteiger partial charge on any atom is 0.255 e. The third-order valence-electron chi connectivity index (χ3n) is 7.04. The van der Waals surface area contributed by atoms with E-state index in [9.17, 15) is 9.59 Å². The van der Waals surface area contributed by atoms with Crippen LogP contribution in [0.25, 0.3) is 10.9 Å². The predicted molar refractivity (Wildman–Crippen MR) is 115 cm³/mol. The van der Waals surface area contributed by atoms with Gasteiger partial charge in [-0.3, -0.25) is 9.59 Å². The fourth-order valence-corrected chi connectivity index (χ4v) is 5.62. The summed E-state index contributed by atoms with van der Waals surface area (Å²) < 4.78 is 0. The molecule has 152 valence electrons. The van der Waals surface area contributed by atoms with Crippen molar-refractivity contribution in [3.8, 4) is 0 Å². The molecular formula is C24H22ClN3O2. The van der Waals surface area contributed by atoms with Crippen LogP contribution in [0.4, 0.5) is 0 Å². The van der Waals surface area contributed by atoms with E-state index in [0.29, 0.717) is 11.6 Å². The molecule has 1 N–H and O–H groups in total. The Hall–Kier alpha value is -2.79. The van der Waals surface area contributed by atoms with Crippen molar-refractivity contribution in [2.45, 2.75) is 37.3 Å². The van der Waals surface area contributed by atoms with Gasteiger partial charge in [0.1, 0.15) is 6.54 Å². The van der Waals surface area contributed by atoms with Crippen LogP contribution in [0.5, 0.6) is 0 Å². The summed E-state index contributed by atoms with van der Waals surface area (Å²) >= 11 is 6.60. The SMILES string of the molecule is C[C@]12C(=O)N(C3CC3)CC(=O)N1C[C@@H](c1ccccc1Cl)c1c2[nH]c2ccccc12. The van der Waals surface area contributed by atoms with Gasteiger partial charge < -0.3 is 14.8 Å². The van der Waals surface area contributed by atoms with Gasteiger partial charge in [-0.2, -0.15) is 0 Å². The van der Waals surface area contributed by atoms with E-state index in [1.54, 1.807) is 9.80 Å². The molecule has 0 spiro atoms. The Kier molecular flexibility index (Phi) is 3.67. The zero-order chi connectivity index (χ0) is 20.6. The number of halogens is 1. The number of fused-ring (bicyclic) bond motifs is 5. The highest BCUT2D eigenvalue weighted by atomic mass is 35.5. The van der Waals surface area contributed by atoms with Crippen molar-refractivity contribution in [1.29, 1.82) is 0 Å². The van der Waals surface area contributed by atoms with Crippen LogP contribution < -0.4 is 0 Å². The summed E-state index contributed by atoms with van der Waals surface area (Å²) in [7, 11) is 0. The van der Waals surface area contributed by atoms with E-state index in [4.69, 9.17) is 11.6 Å². The number of hydrogen-bond donors (Lipinski definition) is 1. The van der Waals surface area contributed by atoms with Gasteiger partial charge in [0.15, 0.2) is 5.54 Å². The van der Waals surface area contributed by atoms with Crippen LogP contribution in [0.1, 0.15) is 42.5 Å². The second-order valence-corrected chi connectivity index (χ2v) is 9.18. The number of rotatable bonds is 2. The van der Waals surface area contributed by atoms with Gasteiger partial charge in [0, 0.05) is 34.4 Å². The van der Waals surface area contributed by atoms with E-state index in [0.717, 1.165) is 40.6 Å². The van der Waals surface area contributed by atoms with Gasteiger partial charge in [-0.1, -0.05) is 48.0 Å². The Balaban J connectivity index is 1.62. The standard InChI is InChI=1S/C24H22ClN3O2/c1-24-22-21(16-7-3-5-9-19(16)26-22)17(15-6-2-4-8-18(15)25)12-28(24)20(29)13-27(23(24)30)14-10-11-14/h2-9,14,17,26H,10-13H2,1H3/t17-,24-/m0/s1. The van der Waals surface area contributed by atoms with Crippen LogP contribution in [0.15, 0.2) is 48.5 Å². The molecule has 1 aromatic heterocycles. The van der Waals surface area contributed by atoms with Crippen LogP contribution in [0.3, 0.4) is 0 Å². The molecule has 0 radical (unpaired) electrons. The first-order valence-corrected chi connectivity index (χ1v) is 10.8. The lowest BCUT2D eigenvalue weighted by Gasteiger charge is -2.51. The number of nitrogens with one attached hydrogen (secondary N) is 1. The topological polar surface area (TPSA) is 56.4 Å². The molecule has 2 atom stereocenters. The zero-order valence-corrected chi connectivity index (χ0v) is 17.4. The van der Waals surface area contributed by atoms with Crippen LogP contribution in [-0.2, 0) is 15.1 Å². The number of aromatic amines is 1. The molecule has 3 aromatic rings. The average molecular weight is 420 g/mol. The lowest BCUT2D eigenvalue weighted by molar-refractivity contribution is -0.166. The number of aromatic nitrogens is 1. The molecule has 2 amide bonds. The van der Waals surface area contributed by atoms with Crippen molar-refractivity contribution < 1.29 is 9.59 Å². The highest BCUT2D eigenvalue weighted by molar-refractivity contribution is 6.31. The first-order chi connectivity index (χ1) is 14.5. The zero-order valence-electron chi connectivity index (χ0n) is 16.7. The number of piperazine rings is 1. The fraction of sp³-hybridized carbons (Fsp3) is 0.333. The Morgan fingerprint density at radius 1 is 1.07 bits per heavy atom. The summed E-state index contributed by atoms with van der Waals surface area (Å²) in [5.41, 5.74) is 2.84. The molecule has 3 aliphatic rings. The number of nitrogens with zero attached hydrogens (tertiary/aromatic N) is 2. The maximum atomic E-state index is 13.7. The average Bonchev–Trinajstić information content (AvgIpc) is 3.51. The minimum Gasteiger partial charge on any atom is -0.356 e. The first-order valence-electron chi connectivity index (χ1n) is 10.5. The third kappa shape index (κ3) is 2.30. The summed E-state index contributed by atoms with van der Waals surface area (Å²) in [5.74, 6) is -0.0671. The summed E-state index contributed by atoms with van der Waals surface area (Å²) in [5, 5.41) is 1.76. The second-order valence-electron chi connectivity index (χ2n) is 8.77. The Morgan fingerprint density at radius 3 is 2.57 bits per heavy atom. The molecule has 1 saturated carbocycles. The molecule has 2 fully saturated rings. The predicted octanol–water partition coefficient (Wildman–Crippen LogP) is 4.02. The van der Waals surface area contributed by atoms with Crippen molar-refractivity contribution in [1.82, 2.24) is 14.8 Å². The smallest absolute Gasteiger partial charge is 0.255 e. The molecule has 1 aliphatic carbocycles. The van der Waals surface area contributed by atoms with E-state index < -0.39 is 5.54 Å². The second kappa shape index (κ2) is 6.11. The number of H-pyrrole nitrogens is 1. The van der Waals surface area contributed by atoms with Crippen molar-refractivity contribution in [3.63, 3.8) is 0 Å². The van der Waals surface area contributed by atoms with E-state index in [1.165, 1.54) is 0 Å². The normalized spacial score (nSPS) is 26.1. The van der Waals surface area contributed by atoms with Gasteiger partial charge in [0.2, 0.25) is 5.91 Å². The van der Waals surface area contributed by atoms with Gasteiger partial charge in [-0.15, -0.1) is 0 Å². The van der Waals surface area contributed by atoms with Crippen molar-refractivity contribution in [3.05, 3.63) is 70.4 Å². The molecule has 2 aliphatic heterocycles. The largest absolute Gasteiger partial charge is 0.356 e. The van der Waals surface area contributed by atoms with Crippen molar-refractivity contribution in [2.24, 2.45) is 0 Å². The number of para-hydroxylation sites is 1. The number of amides is 2. The fourth-order valence-electron chi connectivity index (χ4n) is 5.35. The molecule has 2 aromatic carbocycles. The molecule has 6 heteroatoms. The van der Waals surface area contributed by atoms with Crippen LogP contribution in [0, 0.1) is 0 Å². The van der Waals surface area contributed by atoms with Gasteiger partial charge in [0.25, 0.3) is 5.91 Å². The Bertz CT molecular complexity index is 1210. The van der Waals surface area contributed by atoms with Crippen molar-refractivity contribution in [2.75, 3.05) is 13.1 Å². The highest BCUT2D eigenvalue weighted by Crippen LogP contribution is 2.50. The molecular weight excluding hydrogens is 398 g/mol. The van der Waals surface area contributed by atoms with Crippen LogP contribution >= 0.6 is 11.6 Å². The van der Waals surface area contributed by atoms with Gasteiger partial charge in [-0.25, -0.2) is 0 Å². The Labute approximate surface area is 179 Å². The van der Waals surface area contributed by atoms with E-state index in [2.05, 4.69) is 11.1 Å². The minimum atomic E-state index is -1.02. The number of carbonyl (C=O) groups excluding carboxylic acids is 2. The molecule has 1 saturated heterocycles. The minimum absolute atomic E-state index is 0.00496. The molecule has 0 unspecified atom stereocenters. The molecule has 5 nitrogen and oxygen atoms in total. The quantitative estimate of drug-likeness (QED) is 0.682. The van der Waals surface area contributed by atoms with E-state index in [-0.39, 0.29) is 30.3 Å². The summed E-state index contributed by atoms with van der Waals surface area (Å²) in [6.07, 6.45) is 1.97. The van der Waals surface area contributed by atoms with Gasteiger partial charge in [-0.05, 0) is 43.0 Å². The highest BCUT2D eigenvalue weighted by Gasteiger charge is 2.58. The lowest BCUT2D eigenvalue weighted by atomic mass is 9.76. The number of carbonyl (C=O) groups is 2. The van der Waals surface area contributed by atoms with Gasteiger partial charge >= 0.3 is 0 Å². The molecule has 3 heterocycles. The van der Waals surface area contributed by atoms with Crippen LogP contribution in [0.2, 0.25) is 5.02 Å². The number of benzene rings is 2. The first kappa shape index (κ1) is 18.0. The molecule has 0 bridgehead atoms. The van der Waals surface area contributed by atoms with Gasteiger partial charge in [0.05, 0.1) is 5.69 Å². The molecule has 6 rings (SSSR count).